The predicted octanol–water partition coefficient (Wildman–Crippen LogP) is 3.08. The monoisotopic (exact) mass is 467 g/mol. The molecule has 6 rings (SSSR count). The summed E-state index contributed by atoms with van der Waals surface area (Å²) in [6, 6.07) is 23.1. The molecule has 35 heavy (non-hydrogen) atoms. The van der Waals surface area contributed by atoms with Gasteiger partial charge in [0.15, 0.2) is 11.6 Å². The van der Waals surface area contributed by atoms with E-state index in [0.29, 0.717) is 26.1 Å². The van der Waals surface area contributed by atoms with Gasteiger partial charge in [-0.25, -0.2) is 10.9 Å². The number of carbonyl (C=O) groups is 1. The van der Waals surface area contributed by atoms with Crippen molar-refractivity contribution in [2.24, 2.45) is 0 Å². The number of ether oxygens (including phenoxy) is 1. The maximum Gasteiger partial charge on any atom is 0.241 e. The molecule has 4 heterocycles. The zero-order valence-corrected chi connectivity index (χ0v) is 19.0. The number of benzene rings is 2. The van der Waals surface area contributed by atoms with E-state index in [2.05, 4.69) is 26.0 Å². The second-order valence-electron chi connectivity index (χ2n) is 8.68. The summed E-state index contributed by atoms with van der Waals surface area (Å²) in [4.78, 5) is 19.5. The van der Waals surface area contributed by atoms with Crippen LogP contribution in [-0.4, -0.2) is 43.1 Å². The van der Waals surface area contributed by atoms with Crippen molar-refractivity contribution in [3.63, 3.8) is 0 Å². The second kappa shape index (κ2) is 9.28. The molecule has 176 valence electrons. The summed E-state index contributed by atoms with van der Waals surface area (Å²) in [5.74, 6) is 3.17. The number of hydrazine groups is 1. The first-order chi connectivity index (χ1) is 17.2. The summed E-state index contributed by atoms with van der Waals surface area (Å²) < 4.78 is 7.93. The lowest BCUT2D eigenvalue weighted by Crippen LogP contribution is -2.48. The summed E-state index contributed by atoms with van der Waals surface area (Å²) in [6.07, 6.45) is 2.41. The van der Waals surface area contributed by atoms with Gasteiger partial charge in [-0.3, -0.25) is 9.78 Å². The third-order valence-corrected chi connectivity index (χ3v) is 6.42. The lowest BCUT2D eigenvalue weighted by molar-refractivity contribution is -0.134. The van der Waals surface area contributed by atoms with Crippen LogP contribution < -0.4 is 15.6 Å². The summed E-state index contributed by atoms with van der Waals surface area (Å²) in [7, 11) is 0. The fourth-order valence-electron chi connectivity index (χ4n) is 4.58. The van der Waals surface area contributed by atoms with E-state index in [-0.39, 0.29) is 18.0 Å². The van der Waals surface area contributed by atoms with E-state index >= 15 is 0 Å². The van der Waals surface area contributed by atoms with Gasteiger partial charge < -0.3 is 14.2 Å². The Kier molecular flexibility index (Phi) is 5.69. The van der Waals surface area contributed by atoms with Crippen LogP contribution in [0, 0.1) is 0 Å². The van der Waals surface area contributed by atoms with Crippen LogP contribution >= 0.6 is 0 Å². The lowest BCUT2D eigenvalue weighted by atomic mass is 10.0. The van der Waals surface area contributed by atoms with E-state index in [0.717, 1.165) is 34.4 Å². The first-order valence-corrected chi connectivity index (χ1v) is 11.7. The molecule has 2 N–H and O–H groups in total. The van der Waals surface area contributed by atoms with Crippen molar-refractivity contribution >= 4 is 5.91 Å². The van der Waals surface area contributed by atoms with E-state index in [1.54, 1.807) is 6.20 Å². The average Bonchev–Trinajstić information content (AvgIpc) is 3.57. The van der Waals surface area contributed by atoms with Crippen molar-refractivity contribution in [1.29, 1.82) is 0 Å². The Morgan fingerprint density at radius 2 is 1.69 bits per heavy atom. The fraction of sp³-hybridized carbons (Fsp3) is 0.231. The smallest absolute Gasteiger partial charge is 0.241 e. The number of nitrogens with one attached hydrogen (secondary N) is 2. The predicted molar refractivity (Wildman–Crippen MR) is 129 cm³/mol. The number of pyridine rings is 1. The fourth-order valence-corrected chi connectivity index (χ4v) is 4.58. The largest absolute Gasteiger partial charge is 0.457 e. The van der Waals surface area contributed by atoms with Crippen LogP contribution in [0.5, 0.6) is 11.5 Å². The molecule has 9 nitrogen and oxygen atoms in total. The molecular weight excluding hydrogens is 442 g/mol. The number of nitrogens with zero attached hydrogens (tertiary/aromatic N) is 5. The second-order valence-corrected chi connectivity index (χ2v) is 8.68. The molecule has 2 aliphatic heterocycles. The molecule has 0 saturated carbocycles. The first kappa shape index (κ1) is 21.5. The number of hydrogen-bond acceptors (Lipinski definition) is 7. The highest BCUT2D eigenvalue weighted by molar-refractivity contribution is 5.82. The van der Waals surface area contributed by atoms with E-state index in [1.807, 2.05) is 82.3 Å². The van der Waals surface area contributed by atoms with Crippen LogP contribution in [-0.2, 0) is 17.9 Å². The molecule has 2 aromatic carbocycles. The molecule has 2 aliphatic rings. The topological polar surface area (TPSA) is 97.2 Å². The van der Waals surface area contributed by atoms with Crippen LogP contribution in [0.15, 0.2) is 79.0 Å². The molecular formula is C26H25N7O2. The molecule has 0 bridgehead atoms. The number of hydrogen-bond donors (Lipinski definition) is 2. The van der Waals surface area contributed by atoms with Gasteiger partial charge in [0.05, 0.1) is 6.54 Å². The van der Waals surface area contributed by atoms with E-state index in [4.69, 9.17) is 4.74 Å². The van der Waals surface area contributed by atoms with Gasteiger partial charge in [-0.2, -0.15) is 0 Å². The number of rotatable bonds is 5. The Labute approximate surface area is 202 Å². The van der Waals surface area contributed by atoms with Gasteiger partial charge in [0.1, 0.15) is 23.2 Å². The highest BCUT2D eigenvalue weighted by Crippen LogP contribution is 2.28. The van der Waals surface area contributed by atoms with Crippen molar-refractivity contribution in [3.8, 4) is 23.0 Å². The van der Waals surface area contributed by atoms with Gasteiger partial charge in [0.25, 0.3) is 0 Å². The zero-order chi connectivity index (χ0) is 23.6. The number of amides is 1. The molecule has 1 fully saturated rings. The Hall–Kier alpha value is -4.08. The van der Waals surface area contributed by atoms with E-state index < -0.39 is 0 Å². The Morgan fingerprint density at radius 3 is 2.49 bits per heavy atom. The number of carbonyl (C=O) groups excluding carboxylic acids is 1. The third-order valence-electron chi connectivity index (χ3n) is 6.42. The summed E-state index contributed by atoms with van der Waals surface area (Å²) in [6.45, 7) is 1.69. The van der Waals surface area contributed by atoms with Crippen molar-refractivity contribution in [1.82, 2.24) is 35.5 Å². The Balaban J connectivity index is 1.08. The standard InChI is InChI=1S/C26H25N7O2/c34-26(32-14-15-33-24(17-32)30-31-25(33)21-8-4-5-13-27-21)23-16-22(28-29-23)18-9-11-20(12-10-18)35-19-6-2-1-3-7-19/h1-13,22-23,28-29H,14-17H2. The normalized spacial score (nSPS) is 19.4. The maximum atomic E-state index is 13.3. The van der Waals surface area contributed by atoms with Gasteiger partial charge in [-0.05, 0) is 48.4 Å². The quantitative estimate of drug-likeness (QED) is 0.466. The minimum absolute atomic E-state index is 0.0407. The van der Waals surface area contributed by atoms with Crippen LogP contribution in [0.1, 0.15) is 23.9 Å². The minimum Gasteiger partial charge on any atom is -0.457 e. The molecule has 0 aliphatic carbocycles. The number of aromatic nitrogens is 4. The van der Waals surface area contributed by atoms with Gasteiger partial charge in [-0.1, -0.05) is 36.4 Å². The van der Waals surface area contributed by atoms with Crippen molar-refractivity contribution in [2.45, 2.75) is 31.6 Å². The molecule has 1 saturated heterocycles. The Morgan fingerprint density at radius 1 is 0.886 bits per heavy atom. The molecule has 2 atom stereocenters. The third kappa shape index (κ3) is 4.39. The van der Waals surface area contributed by atoms with Crippen LogP contribution in [0.25, 0.3) is 11.5 Å². The SMILES string of the molecule is O=C(C1CC(c2ccc(Oc3ccccc3)cc2)NN1)N1CCn2c(nnc2-c2ccccn2)C1. The van der Waals surface area contributed by atoms with Crippen LogP contribution in [0.3, 0.4) is 0 Å². The van der Waals surface area contributed by atoms with Gasteiger partial charge in [0.2, 0.25) is 5.91 Å². The molecule has 9 heteroatoms. The van der Waals surface area contributed by atoms with Crippen molar-refractivity contribution in [3.05, 3.63) is 90.4 Å². The van der Waals surface area contributed by atoms with Gasteiger partial charge >= 0.3 is 0 Å². The molecule has 1 amide bonds. The summed E-state index contributed by atoms with van der Waals surface area (Å²) >= 11 is 0. The highest BCUT2D eigenvalue weighted by Gasteiger charge is 2.35. The van der Waals surface area contributed by atoms with E-state index in [9.17, 15) is 4.79 Å². The van der Waals surface area contributed by atoms with Gasteiger partial charge in [-0.15, -0.1) is 10.2 Å². The number of fused-ring (bicyclic) bond motifs is 1. The van der Waals surface area contributed by atoms with Crippen LogP contribution in [0.2, 0.25) is 0 Å². The van der Waals surface area contributed by atoms with Gasteiger partial charge in [0, 0.05) is 25.3 Å². The summed E-state index contributed by atoms with van der Waals surface area (Å²) in [5, 5.41) is 8.64. The minimum atomic E-state index is -0.301. The zero-order valence-electron chi connectivity index (χ0n) is 19.0. The van der Waals surface area contributed by atoms with Crippen LogP contribution in [0.4, 0.5) is 0 Å². The van der Waals surface area contributed by atoms with E-state index in [1.165, 1.54) is 0 Å². The Bertz CT molecular complexity index is 1310. The summed E-state index contributed by atoms with van der Waals surface area (Å²) in [5.41, 5.74) is 8.35. The maximum absolute atomic E-state index is 13.3. The molecule has 0 spiro atoms. The van der Waals surface area contributed by atoms with Crippen molar-refractivity contribution < 1.29 is 9.53 Å². The highest BCUT2D eigenvalue weighted by atomic mass is 16.5. The molecule has 4 aromatic rings. The number of para-hydroxylation sites is 1. The first-order valence-electron chi connectivity index (χ1n) is 11.7. The molecule has 2 aromatic heterocycles. The average molecular weight is 468 g/mol. The lowest BCUT2D eigenvalue weighted by Gasteiger charge is -2.29. The molecule has 2 unspecified atom stereocenters. The van der Waals surface area contributed by atoms with Crippen molar-refractivity contribution in [2.75, 3.05) is 6.54 Å². The molecule has 0 radical (unpaired) electrons.